The second kappa shape index (κ2) is 5.70. The van der Waals surface area contributed by atoms with Crippen molar-refractivity contribution in [2.24, 2.45) is 0 Å². The smallest absolute Gasteiger partial charge is 0.338 e. The Morgan fingerprint density at radius 3 is 2.65 bits per heavy atom. The van der Waals surface area contributed by atoms with Crippen molar-refractivity contribution >= 4 is 34.0 Å². The molecule has 104 valence electrons. The predicted octanol–water partition coefficient (Wildman–Crippen LogP) is 3.54. The molecule has 0 spiro atoms. The fraction of sp³-hybridized carbons (Fsp3) is 0.0769. The molecule has 0 aliphatic carbocycles. The number of benzene rings is 1. The fourth-order valence-corrected chi connectivity index (χ4v) is 2.37. The van der Waals surface area contributed by atoms with Gasteiger partial charge in [0.05, 0.1) is 5.56 Å². The minimum atomic E-state index is -1.11. The third kappa shape index (κ3) is 3.12. The molecule has 1 aromatic carbocycles. The second-order valence-electron chi connectivity index (χ2n) is 4.01. The first-order chi connectivity index (χ1) is 9.47. The number of carboxylic acid groups (broad SMARTS) is 1. The number of hydrogen-bond donors (Lipinski definition) is 3. The molecule has 0 aliphatic heterocycles. The minimum absolute atomic E-state index is 0.0287. The van der Waals surface area contributed by atoms with E-state index in [1.807, 2.05) is 0 Å². The summed E-state index contributed by atoms with van der Waals surface area (Å²) in [5.41, 5.74) is 1.06. The second-order valence-corrected chi connectivity index (χ2v) is 4.92. The van der Waals surface area contributed by atoms with Crippen molar-refractivity contribution in [2.75, 3.05) is 10.6 Å². The number of aryl methyl sites for hydroxylation is 1. The summed E-state index contributed by atoms with van der Waals surface area (Å²) >= 11 is 1.11. The Morgan fingerprint density at radius 2 is 2.00 bits per heavy atom. The highest BCUT2D eigenvalue weighted by Gasteiger charge is 2.14. The van der Waals surface area contributed by atoms with Crippen LogP contribution in [0.5, 0.6) is 0 Å². The summed E-state index contributed by atoms with van der Waals surface area (Å²) in [4.78, 5) is 22.7. The fourth-order valence-electron chi connectivity index (χ4n) is 1.60. The highest BCUT2D eigenvalue weighted by atomic mass is 32.1. The zero-order valence-electron chi connectivity index (χ0n) is 10.4. The van der Waals surface area contributed by atoms with Crippen molar-refractivity contribution in [2.45, 2.75) is 6.92 Å². The predicted molar refractivity (Wildman–Crippen MR) is 75.1 cm³/mol. The lowest BCUT2D eigenvalue weighted by Crippen LogP contribution is -2.20. The van der Waals surface area contributed by atoms with Crippen LogP contribution >= 0.6 is 11.3 Å². The molecule has 0 bridgehead atoms. The lowest BCUT2D eigenvalue weighted by atomic mass is 10.2. The SMILES string of the molecule is Cc1cc(F)ccc1NC(=O)Nc1sccc1C(=O)O. The summed E-state index contributed by atoms with van der Waals surface area (Å²) in [5.74, 6) is -1.50. The summed E-state index contributed by atoms with van der Waals surface area (Å²) in [5, 5.41) is 15.7. The Labute approximate surface area is 118 Å². The van der Waals surface area contributed by atoms with Crippen LogP contribution in [0.25, 0.3) is 0 Å². The Balaban J connectivity index is 2.09. The molecule has 2 aromatic rings. The molecule has 20 heavy (non-hydrogen) atoms. The molecule has 1 heterocycles. The number of rotatable bonds is 3. The summed E-state index contributed by atoms with van der Waals surface area (Å²) in [6.45, 7) is 1.66. The lowest BCUT2D eigenvalue weighted by molar-refractivity contribution is 0.0698. The molecule has 0 unspecified atom stereocenters. The van der Waals surface area contributed by atoms with E-state index >= 15 is 0 Å². The van der Waals surface area contributed by atoms with Crippen molar-refractivity contribution in [3.05, 3.63) is 46.6 Å². The van der Waals surface area contributed by atoms with Crippen molar-refractivity contribution < 1.29 is 19.1 Å². The third-order valence-electron chi connectivity index (χ3n) is 2.56. The van der Waals surface area contributed by atoms with Crippen LogP contribution in [-0.2, 0) is 0 Å². The molecule has 0 fully saturated rings. The number of urea groups is 1. The largest absolute Gasteiger partial charge is 0.478 e. The molecule has 3 N–H and O–H groups in total. The first kappa shape index (κ1) is 14.0. The van der Waals surface area contributed by atoms with E-state index in [0.29, 0.717) is 11.3 Å². The number of amides is 2. The van der Waals surface area contributed by atoms with Crippen molar-refractivity contribution in [3.63, 3.8) is 0 Å². The van der Waals surface area contributed by atoms with E-state index in [2.05, 4.69) is 10.6 Å². The van der Waals surface area contributed by atoms with Crippen LogP contribution in [0, 0.1) is 12.7 Å². The Hall–Kier alpha value is -2.41. The number of halogens is 1. The van der Waals surface area contributed by atoms with Crippen LogP contribution in [0.15, 0.2) is 29.6 Å². The minimum Gasteiger partial charge on any atom is -0.478 e. The van der Waals surface area contributed by atoms with Gasteiger partial charge >= 0.3 is 12.0 Å². The molecule has 7 heteroatoms. The molecule has 0 saturated heterocycles. The van der Waals surface area contributed by atoms with Gasteiger partial charge in [-0.25, -0.2) is 14.0 Å². The first-order valence-electron chi connectivity index (χ1n) is 5.62. The van der Waals surface area contributed by atoms with E-state index < -0.39 is 12.0 Å². The number of nitrogens with one attached hydrogen (secondary N) is 2. The number of carboxylic acids is 1. The summed E-state index contributed by atoms with van der Waals surface area (Å²) in [7, 11) is 0. The maximum absolute atomic E-state index is 12.9. The topological polar surface area (TPSA) is 78.4 Å². The van der Waals surface area contributed by atoms with Crippen molar-refractivity contribution in [1.29, 1.82) is 0 Å². The quantitative estimate of drug-likeness (QED) is 0.810. The molecule has 5 nitrogen and oxygen atoms in total. The van der Waals surface area contributed by atoms with Gasteiger partial charge in [0.2, 0.25) is 0 Å². The van der Waals surface area contributed by atoms with Gasteiger partial charge < -0.3 is 10.4 Å². The molecular weight excluding hydrogens is 283 g/mol. The van der Waals surface area contributed by atoms with Gasteiger partial charge in [0, 0.05) is 5.69 Å². The lowest BCUT2D eigenvalue weighted by Gasteiger charge is -2.09. The first-order valence-corrected chi connectivity index (χ1v) is 6.50. The number of carbonyl (C=O) groups is 2. The van der Waals surface area contributed by atoms with Gasteiger partial charge in [-0.2, -0.15) is 0 Å². The number of thiophene rings is 1. The van der Waals surface area contributed by atoms with E-state index in [-0.39, 0.29) is 16.4 Å². The Kier molecular flexibility index (Phi) is 3.99. The van der Waals surface area contributed by atoms with Crippen LogP contribution in [0.1, 0.15) is 15.9 Å². The molecule has 2 amide bonds. The monoisotopic (exact) mass is 294 g/mol. The van der Waals surface area contributed by atoms with Crippen molar-refractivity contribution in [1.82, 2.24) is 0 Å². The maximum atomic E-state index is 12.9. The zero-order valence-corrected chi connectivity index (χ0v) is 11.3. The van der Waals surface area contributed by atoms with Gasteiger partial charge in [0.15, 0.2) is 0 Å². The van der Waals surface area contributed by atoms with Gasteiger partial charge in [-0.05, 0) is 42.1 Å². The molecule has 1 aromatic heterocycles. The molecule has 0 radical (unpaired) electrons. The van der Waals surface area contributed by atoms with Crippen LogP contribution in [0.2, 0.25) is 0 Å². The third-order valence-corrected chi connectivity index (χ3v) is 3.39. The van der Waals surface area contributed by atoms with E-state index in [1.54, 1.807) is 12.3 Å². The van der Waals surface area contributed by atoms with Crippen molar-refractivity contribution in [3.8, 4) is 0 Å². The molecule has 0 saturated carbocycles. The summed E-state index contributed by atoms with van der Waals surface area (Å²) in [6, 6.07) is 4.80. The van der Waals surface area contributed by atoms with Crippen LogP contribution in [0.3, 0.4) is 0 Å². The summed E-state index contributed by atoms with van der Waals surface area (Å²) < 4.78 is 12.9. The molecule has 2 rings (SSSR count). The number of hydrogen-bond acceptors (Lipinski definition) is 3. The van der Waals surface area contributed by atoms with Gasteiger partial charge in [-0.1, -0.05) is 0 Å². The Morgan fingerprint density at radius 1 is 1.25 bits per heavy atom. The van der Waals surface area contributed by atoms with Crippen LogP contribution in [0.4, 0.5) is 19.9 Å². The van der Waals surface area contributed by atoms with Crippen LogP contribution < -0.4 is 10.6 Å². The van der Waals surface area contributed by atoms with Crippen LogP contribution in [-0.4, -0.2) is 17.1 Å². The highest BCUT2D eigenvalue weighted by Crippen LogP contribution is 2.23. The Bertz CT molecular complexity index is 669. The number of anilines is 2. The van der Waals surface area contributed by atoms with Gasteiger partial charge in [-0.3, -0.25) is 5.32 Å². The van der Waals surface area contributed by atoms with E-state index in [1.165, 1.54) is 24.3 Å². The summed E-state index contributed by atoms with van der Waals surface area (Å²) in [6.07, 6.45) is 0. The van der Waals surface area contributed by atoms with Gasteiger partial charge in [-0.15, -0.1) is 11.3 Å². The standard InChI is InChI=1S/C13H11FN2O3S/c1-7-6-8(14)2-3-10(7)15-13(19)16-11-9(12(17)18)4-5-20-11/h2-6H,1H3,(H,17,18)(H2,15,16,19). The zero-order chi connectivity index (χ0) is 14.7. The molecule has 0 atom stereocenters. The molecular formula is C13H11FN2O3S. The van der Waals surface area contributed by atoms with E-state index in [0.717, 1.165) is 11.3 Å². The van der Waals surface area contributed by atoms with Gasteiger partial charge in [0.1, 0.15) is 10.8 Å². The van der Waals surface area contributed by atoms with Gasteiger partial charge in [0.25, 0.3) is 0 Å². The highest BCUT2D eigenvalue weighted by molar-refractivity contribution is 7.14. The normalized spacial score (nSPS) is 10.1. The number of aromatic carboxylic acids is 1. The molecule has 0 aliphatic rings. The average Bonchev–Trinajstić information content (AvgIpc) is 2.81. The number of carbonyl (C=O) groups excluding carboxylic acids is 1. The maximum Gasteiger partial charge on any atom is 0.338 e. The van der Waals surface area contributed by atoms with E-state index in [9.17, 15) is 14.0 Å². The van der Waals surface area contributed by atoms with E-state index in [4.69, 9.17) is 5.11 Å². The average molecular weight is 294 g/mol.